The molecule has 1 aliphatic heterocycles. The van der Waals surface area contributed by atoms with Crippen LogP contribution in [-0.2, 0) is 9.53 Å². The Morgan fingerprint density at radius 2 is 2.08 bits per heavy atom. The molecule has 0 aromatic carbocycles. The van der Waals surface area contributed by atoms with Gasteiger partial charge in [-0.15, -0.1) is 0 Å². The Labute approximate surface area is 79.8 Å². The second-order valence-electron chi connectivity index (χ2n) is 4.57. The van der Waals surface area contributed by atoms with Gasteiger partial charge in [-0.25, -0.2) is 0 Å². The molecule has 1 saturated heterocycles. The van der Waals surface area contributed by atoms with E-state index in [1.165, 1.54) is 0 Å². The van der Waals surface area contributed by atoms with Crippen LogP contribution in [0.2, 0.25) is 0 Å². The third-order valence-electron chi connectivity index (χ3n) is 2.25. The SMILES string of the molecule is CC(C)CCNC(=O)C1OC1(C)C. The van der Waals surface area contributed by atoms with Crippen LogP contribution >= 0.6 is 0 Å². The molecule has 0 aromatic heterocycles. The molecule has 0 aliphatic carbocycles. The molecule has 1 rings (SSSR count). The van der Waals surface area contributed by atoms with Gasteiger partial charge in [-0.1, -0.05) is 13.8 Å². The summed E-state index contributed by atoms with van der Waals surface area (Å²) in [7, 11) is 0. The predicted octanol–water partition coefficient (Wildman–Crippen LogP) is 1.33. The summed E-state index contributed by atoms with van der Waals surface area (Å²) in [6, 6.07) is 0. The first kappa shape index (κ1) is 10.5. The molecular formula is C10H19NO2. The van der Waals surface area contributed by atoms with E-state index < -0.39 is 0 Å². The number of carbonyl (C=O) groups is 1. The van der Waals surface area contributed by atoms with Crippen molar-refractivity contribution in [1.82, 2.24) is 5.32 Å². The van der Waals surface area contributed by atoms with E-state index >= 15 is 0 Å². The summed E-state index contributed by atoms with van der Waals surface area (Å²) in [5.41, 5.74) is -0.234. The van der Waals surface area contributed by atoms with Gasteiger partial charge in [0.05, 0.1) is 5.60 Å². The van der Waals surface area contributed by atoms with E-state index in [1.54, 1.807) is 0 Å². The highest BCUT2D eigenvalue weighted by Gasteiger charge is 2.52. The van der Waals surface area contributed by atoms with Crippen molar-refractivity contribution in [3.8, 4) is 0 Å². The fourth-order valence-electron chi connectivity index (χ4n) is 1.22. The van der Waals surface area contributed by atoms with Gasteiger partial charge in [0.2, 0.25) is 0 Å². The average molecular weight is 185 g/mol. The molecule has 0 radical (unpaired) electrons. The van der Waals surface area contributed by atoms with Gasteiger partial charge in [-0.3, -0.25) is 4.79 Å². The largest absolute Gasteiger partial charge is 0.356 e. The van der Waals surface area contributed by atoms with Crippen LogP contribution in [0.3, 0.4) is 0 Å². The molecule has 1 aliphatic rings. The van der Waals surface area contributed by atoms with Crippen LogP contribution in [0.4, 0.5) is 0 Å². The van der Waals surface area contributed by atoms with Gasteiger partial charge < -0.3 is 10.1 Å². The topological polar surface area (TPSA) is 41.6 Å². The van der Waals surface area contributed by atoms with Crippen molar-refractivity contribution < 1.29 is 9.53 Å². The number of rotatable bonds is 4. The lowest BCUT2D eigenvalue weighted by Crippen LogP contribution is -2.31. The highest BCUT2D eigenvalue weighted by Crippen LogP contribution is 2.35. The lowest BCUT2D eigenvalue weighted by atomic mass is 10.1. The summed E-state index contributed by atoms with van der Waals surface area (Å²) >= 11 is 0. The molecule has 1 unspecified atom stereocenters. The second-order valence-corrected chi connectivity index (χ2v) is 4.57. The summed E-state index contributed by atoms with van der Waals surface area (Å²) in [5, 5.41) is 2.87. The fraction of sp³-hybridized carbons (Fsp3) is 0.900. The number of carbonyl (C=O) groups excluding carboxylic acids is 1. The predicted molar refractivity (Wildman–Crippen MR) is 51.4 cm³/mol. The van der Waals surface area contributed by atoms with Crippen LogP contribution in [0, 0.1) is 5.92 Å². The van der Waals surface area contributed by atoms with Crippen LogP contribution in [0.25, 0.3) is 0 Å². The molecule has 0 spiro atoms. The fourth-order valence-corrected chi connectivity index (χ4v) is 1.22. The third-order valence-corrected chi connectivity index (χ3v) is 2.25. The first-order valence-electron chi connectivity index (χ1n) is 4.89. The van der Waals surface area contributed by atoms with Crippen LogP contribution in [0.15, 0.2) is 0 Å². The van der Waals surface area contributed by atoms with Crippen molar-refractivity contribution in [3.05, 3.63) is 0 Å². The Balaban J connectivity index is 2.13. The van der Waals surface area contributed by atoms with E-state index in [9.17, 15) is 4.79 Å². The second kappa shape index (κ2) is 3.66. The zero-order valence-corrected chi connectivity index (χ0v) is 8.89. The van der Waals surface area contributed by atoms with E-state index in [0.717, 1.165) is 13.0 Å². The maximum absolute atomic E-state index is 11.4. The van der Waals surface area contributed by atoms with Gasteiger partial charge in [0.25, 0.3) is 5.91 Å². The molecule has 0 saturated carbocycles. The molecule has 3 nitrogen and oxygen atoms in total. The summed E-state index contributed by atoms with van der Waals surface area (Å²) < 4.78 is 5.21. The van der Waals surface area contributed by atoms with E-state index in [4.69, 9.17) is 4.74 Å². The van der Waals surface area contributed by atoms with Crippen molar-refractivity contribution in [1.29, 1.82) is 0 Å². The van der Waals surface area contributed by atoms with Gasteiger partial charge in [0.15, 0.2) is 6.10 Å². The van der Waals surface area contributed by atoms with Gasteiger partial charge in [0.1, 0.15) is 0 Å². The molecule has 13 heavy (non-hydrogen) atoms. The van der Waals surface area contributed by atoms with Crippen LogP contribution in [-0.4, -0.2) is 24.2 Å². The summed E-state index contributed by atoms with van der Waals surface area (Å²) in [6.07, 6.45) is 0.804. The van der Waals surface area contributed by atoms with E-state index in [0.29, 0.717) is 5.92 Å². The quantitative estimate of drug-likeness (QED) is 0.671. The summed E-state index contributed by atoms with van der Waals surface area (Å²) in [4.78, 5) is 11.4. The minimum Gasteiger partial charge on any atom is -0.356 e. The molecule has 0 bridgehead atoms. The number of hydrogen-bond acceptors (Lipinski definition) is 2. The highest BCUT2D eigenvalue weighted by atomic mass is 16.6. The van der Waals surface area contributed by atoms with Crippen molar-refractivity contribution >= 4 is 5.91 Å². The highest BCUT2D eigenvalue weighted by molar-refractivity contribution is 5.84. The van der Waals surface area contributed by atoms with E-state index in [1.807, 2.05) is 13.8 Å². The number of ether oxygens (including phenoxy) is 1. The Kier molecular flexibility index (Phi) is 2.96. The normalized spacial score (nSPS) is 24.5. The number of amides is 1. The first-order valence-corrected chi connectivity index (χ1v) is 4.89. The Bertz CT molecular complexity index is 199. The zero-order chi connectivity index (χ0) is 10.1. The van der Waals surface area contributed by atoms with Gasteiger partial charge in [0, 0.05) is 6.54 Å². The average Bonchev–Trinajstić information content (AvgIpc) is 2.59. The molecular weight excluding hydrogens is 166 g/mol. The maximum Gasteiger partial charge on any atom is 0.252 e. The van der Waals surface area contributed by atoms with E-state index in [2.05, 4.69) is 19.2 Å². The smallest absolute Gasteiger partial charge is 0.252 e. The van der Waals surface area contributed by atoms with Crippen molar-refractivity contribution in [3.63, 3.8) is 0 Å². The monoisotopic (exact) mass is 185 g/mol. The van der Waals surface area contributed by atoms with Gasteiger partial charge >= 0.3 is 0 Å². The van der Waals surface area contributed by atoms with Crippen LogP contribution in [0.5, 0.6) is 0 Å². The Hall–Kier alpha value is -0.570. The Morgan fingerprint density at radius 3 is 2.46 bits per heavy atom. The molecule has 1 atom stereocenters. The van der Waals surface area contributed by atoms with Crippen molar-refractivity contribution in [2.45, 2.75) is 45.8 Å². The molecule has 1 N–H and O–H groups in total. The number of epoxide rings is 1. The number of nitrogens with one attached hydrogen (secondary N) is 1. The van der Waals surface area contributed by atoms with E-state index in [-0.39, 0.29) is 17.6 Å². The lowest BCUT2D eigenvalue weighted by molar-refractivity contribution is -0.122. The van der Waals surface area contributed by atoms with Crippen LogP contribution in [0.1, 0.15) is 34.1 Å². The summed E-state index contributed by atoms with van der Waals surface area (Å²) in [5.74, 6) is 0.666. The molecule has 0 aromatic rings. The lowest BCUT2D eigenvalue weighted by Gasteiger charge is -2.05. The maximum atomic E-state index is 11.4. The third kappa shape index (κ3) is 2.99. The molecule has 1 heterocycles. The molecule has 76 valence electrons. The number of hydrogen-bond donors (Lipinski definition) is 1. The van der Waals surface area contributed by atoms with Gasteiger partial charge in [-0.2, -0.15) is 0 Å². The summed E-state index contributed by atoms with van der Waals surface area (Å²) in [6.45, 7) is 8.90. The van der Waals surface area contributed by atoms with Crippen molar-refractivity contribution in [2.24, 2.45) is 5.92 Å². The Morgan fingerprint density at radius 1 is 1.54 bits per heavy atom. The zero-order valence-electron chi connectivity index (χ0n) is 8.89. The standard InChI is InChI=1S/C10H19NO2/c1-7(2)5-6-11-9(12)8-10(3,4)13-8/h7-8H,5-6H2,1-4H3,(H,11,12). The molecule has 3 heteroatoms. The first-order chi connectivity index (χ1) is 5.93. The van der Waals surface area contributed by atoms with Crippen molar-refractivity contribution in [2.75, 3.05) is 6.54 Å². The minimum absolute atomic E-state index is 0.0330. The molecule has 1 amide bonds. The van der Waals surface area contributed by atoms with Gasteiger partial charge in [-0.05, 0) is 26.2 Å². The van der Waals surface area contributed by atoms with Crippen LogP contribution < -0.4 is 5.32 Å². The molecule has 1 fully saturated rings. The minimum atomic E-state index is -0.234.